The number of nitrogens with zero attached hydrogens (tertiary/aromatic N) is 1. The lowest BCUT2D eigenvalue weighted by molar-refractivity contribution is 0.641. The standard InChI is InChI=1S/C8H10N2.C2H6/c1-3-9-6-8-2-4-10-5-7(1)8;1-2/h1,3,6,10H,2,4-5H2;1-2H3. The maximum Gasteiger partial charge on any atom is 0.0303 e. The van der Waals surface area contributed by atoms with E-state index in [0.717, 1.165) is 19.5 Å². The average molecular weight is 164 g/mol. The van der Waals surface area contributed by atoms with Gasteiger partial charge >= 0.3 is 0 Å². The Hall–Kier alpha value is -0.890. The maximum atomic E-state index is 4.07. The van der Waals surface area contributed by atoms with Crippen LogP contribution in [-0.2, 0) is 13.0 Å². The molecule has 0 aliphatic carbocycles. The molecule has 0 unspecified atom stereocenters. The van der Waals surface area contributed by atoms with Crippen LogP contribution in [0.15, 0.2) is 18.5 Å². The van der Waals surface area contributed by atoms with Crippen LogP contribution in [0.3, 0.4) is 0 Å². The summed E-state index contributed by atoms with van der Waals surface area (Å²) in [5.74, 6) is 0. The summed E-state index contributed by atoms with van der Waals surface area (Å²) in [6.07, 6.45) is 4.95. The molecule has 0 amide bonds. The fourth-order valence-corrected chi connectivity index (χ4v) is 1.30. The first-order chi connectivity index (χ1) is 5.97. The third-order valence-electron chi connectivity index (χ3n) is 1.89. The zero-order valence-electron chi connectivity index (χ0n) is 7.80. The molecule has 2 heterocycles. The van der Waals surface area contributed by atoms with Gasteiger partial charge in [-0.3, -0.25) is 4.98 Å². The summed E-state index contributed by atoms with van der Waals surface area (Å²) in [5, 5.41) is 3.31. The predicted octanol–water partition coefficient (Wildman–Crippen LogP) is 1.75. The van der Waals surface area contributed by atoms with Crippen LogP contribution in [0, 0.1) is 0 Å². The third kappa shape index (κ3) is 2.05. The molecule has 0 atom stereocenters. The number of fused-ring (bicyclic) bond motifs is 1. The summed E-state index contributed by atoms with van der Waals surface area (Å²) in [5.41, 5.74) is 2.81. The lowest BCUT2D eigenvalue weighted by Gasteiger charge is -2.15. The predicted molar refractivity (Wildman–Crippen MR) is 51.0 cm³/mol. The van der Waals surface area contributed by atoms with Crippen molar-refractivity contribution in [3.8, 4) is 0 Å². The van der Waals surface area contributed by atoms with Gasteiger partial charge in [0, 0.05) is 18.9 Å². The molecule has 1 aliphatic heterocycles. The Kier molecular flexibility index (Phi) is 3.74. The molecule has 2 heteroatoms. The summed E-state index contributed by atoms with van der Waals surface area (Å²) in [7, 11) is 0. The first-order valence-corrected chi connectivity index (χ1v) is 4.59. The average Bonchev–Trinajstić information content (AvgIpc) is 2.21. The fraction of sp³-hybridized carbons (Fsp3) is 0.500. The maximum absolute atomic E-state index is 4.07. The van der Waals surface area contributed by atoms with Gasteiger partial charge in [-0.15, -0.1) is 0 Å². The Balaban J connectivity index is 0.000000336. The molecule has 2 rings (SSSR count). The van der Waals surface area contributed by atoms with Gasteiger partial charge in [0.15, 0.2) is 0 Å². The zero-order valence-corrected chi connectivity index (χ0v) is 7.80. The second kappa shape index (κ2) is 4.88. The van der Waals surface area contributed by atoms with Crippen molar-refractivity contribution >= 4 is 0 Å². The molecule has 0 aromatic carbocycles. The molecular formula is C10H16N2. The van der Waals surface area contributed by atoms with Crippen LogP contribution in [0.1, 0.15) is 25.0 Å². The van der Waals surface area contributed by atoms with Crippen molar-refractivity contribution in [1.29, 1.82) is 0 Å². The fourth-order valence-electron chi connectivity index (χ4n) is 1.30. The van der Waals surface area contributed by atoms with E-state index in [2.05, 4.69) is 16.4 Å². The van der Waals surface area contributed by atoms with E-state index < -0.39 is 0 Å². The number of hydrogen-bond donors (Lipinski definition) is 1. The van der Waals surface area contributed by atoms with E-state index in [-0.39, 0.29) is 0 Å². The summed E-state index contributed by atoms with van der Waals surface area (Å²) in [6, 6.07) is 2.08. The Morgan fingerprint density at radius 2 is 2.17 bits per heavy atom. The van der Waals surface area contributed by atoms with Gasteiger partial charge in [0.2, 0.25) is 0 Å². The first-order valence-electron chi connectivity index (χ1n) is 4.59. The molecule has 1 aliphatic rings. The molecule has 0 saturated carbocycles. The number of pyridine rings is 1. The number of rotatable bonds is 0. The molecule has 66 valence electrons. The van der Waals surface area contributed by atoms with Crippen LogP contribution in [0.2, 0.25) is 0 Å². The van der Waals surface area contributed by atoms with Crippen molar-refractivity contribution in [3.63, 3.8) is 0 Å². The van der Waals surface area contributed by atoms with E-state index in [1.165, 1.54) is 11.1 Å². The minimum Gasteiger partial charge on any atom is -0.312 e. The van der Waals surface area contributed by atoms with E-state index in [1.807, 2.05) is 26.2 Å². The van der Waals surface area contributed by atoms with Gasteiger partial charge in [0.05, 0.1) is 0 Å². The quantitative estimate of drug-likeness (QED) is 0.632. The van der Waals surface area contributed by atoms with E-state index in [9.17, 15) is 0 Å². The highest BCUT2D eigenvalue weighted by Gasteiger charge is 2.05. The zero-order chi connectivity index (χ0) is 8.81. The van der Waals surface area contributed by atoms with Gasteiger partial charge in [0.1, 0.15) is 0 Å². The summed E-state index contributed by atoms with van der Waals surface area (Å²) < 4.78 is 0. The smallest absolute Gasteiger partial charge is 0.0303 e. The van der Waals surface area contributed by atoms with Crippen LogP contribution < -0.4 is 5.32 Å². The molecule has 12 heavy (non-hydrogen) atoms. The minimum atomic E-state index is 1.01. The molecule has 1 N–H and O–H groups in total. The van der Waals surface area contributed by atoms with Crippen molar-refractivity contribution in [1.82, 2.24) is 10.3 Å². The lowest BCUT2D eigenvalue weighted by Crippen LogP contribution is -2.23. The van der Waals surface area contributed by atoms with Crippen LogP contribution in [0.5, 0.6) is 0 Å². The van der Waals surface area contributed by atoms with Gasteiger partial charge in [0.25, 0.3) is 0 Å². The molecule has 1 aromatic heterocycles. The molecule has 0 saturated heterocycles. The van der Waals surface area contributed by atoms with Gasteiger partial charge in [-0.1, -0.05) is 13.8 Å². The Bertz CT molecular complexity index is 208. The number of nitrogens with one attached hydrogen (secondary N) is 1. The number of hydrogen-bond acceptors (Lipinski definition) is 2. The molecule has 0 bridgehead atoms. The first kappa shape index (κ1) is 9.20. The molecule has 0 fully saturated rings. The van der Waals surface area contributed by atoms with Crippen LogP contribution in [0.4, 0.5) is 0 Å². The van der Waals surface area contributed by atoms with Gasteiger partial charge in [-0.05, 0) is 30.2 Å². The molecular weight excluding hydrogens is 148 g/mol. The van der Waals surface area contributed by atoms with E-state index in [0.29, 0.717) is 0 Å². The SMILES string of the molecule is CC.c1cc2c(cn1)CCNC2. The van der Waals surface area contributed by atoms with E-state index >= 15 is 0 Å². The lowest BCUT2D eigenvalue weighted by atomic mass is 10.0. The Labute approximate surface area is 74.0 Å². The molecule has 0 radical (unpaired) electrons. The largest absolute Gasteiger partial charge is 0.312 e. The molecule has 0 spiro atoms. The van der Waals surface area contributed by atoms with Crippen LogP contribution >= 0.6 is 0 Å². The van der Waals surface area contributed by atoms with Crippen molar-refractivity contribution in [3.05, 3.63) is 29.6 Å². The number of aromatic nitrogens is 1. The van der Waals surface area contributed by atoms with Crippen LogP contribution in [-0.4, -0.2) is 11.5 Å². The van der Waals surface area contributed by atoms with Gasteiger partial charge in [-0.2, -0.15) is 0 Å². The topological polar surface area (TPSA) is 24.9 Å². The normalized spacial score (nSPS) is 14.2. The van der Waals surface area contributed by atoms with E-state index in [1.54, 1.807) is 0 Å². The highest BCUT2D eigenvalue weighted by atomic mass is 14.9. The molecule has 1 aromatic rings. The third-order valence-corrected chi connectivity index (χ3v) is 1.89. The van der Waals surface area contributed by atoms with Crippen LogP contribution in [0.25, 0.3) is 0 Å². The monoisotopic (exact) mass is 164 g/mol. The second-order valence-electron chi connectivity index (χ2n) is 2.57. The second-order valence-corrected chi connectivity index (χ2v) is 2.57. The Morgan fingerprint density at radius 1 is 1.33 bits per heavy atom. The highest BCUT2D eigenvalue weighted by Crippen LogP contribution is 2.10. The van der Waals surface area contributed by atoms with Gasteiger partial charge < -0.3 is 5.32 Å². The van der Waals surface area contributed by atoms with Gasteiger partial charge in [-0.25, -0.2) is 0 Å². The summed E-state index contributed by atoms with van der Waals surface area (Å²) in [6.45, 7) is 6.11. The van der Waals surface area contributed by atoms with Crippen molar-refractivity contribution in [2.45, 2.75) is 26.8 Å². The summed E-state index contributed by atoms with van der Waals surface area (Å²) in [4.78, 5) is 4.07. The van der Waals surface area contributed by atoms with Crippen molar-refractivity contribution < 1.29 is 0 Å². The van der Waals surface area contributed by atoms with Crippen molar-refractivity contribution in [2.24, 2.45) is 0 Å². The molecule has 2 nitrogen and oxygen atoms in total. The summed E-state index contributed by atoms with van der Waals surface area (Å²) >= 11 is 0. The Morgan fingerprint density at radius 3 is 2.92 bits per heavy atom. The van der Waals surface area contributed by atoms with Crippen molar-refractivity contribution in [2.75, 3.05) is 6.54 Å². The van der Waals surface area contributed by atoms with E-state index in [4.69, 9.17) is 0 Å². The highest BCUT2D eigenvalue weighted by molar-refractivity contribution is 5.25. The minimum absolute atomic E-state index is 1.01.